The molecule has 0 radical (unpaired) electrons. The summed E-state index contributed by atoms with van der Waals surface area (Å²) in [6.45, 7) is 1.73. The van der Waals surface area contributed by atoms with E-state index in [0.717, 1.165) is 0 Å². The number of aromatic amines is 1. The molecule has 3 aromatic rings. The zero-order chi connectivity index (χ0) is 21.8. The minimum Gasteiger partial charge on any atom is -0.486 e. The summed E-state index contributed by atoms with van der Waals surface area (Å²) in [5, 5.41) is 0.913. The van der Waals surface area contributed by atoms with Gasteiger partial charge in [-0.05, 0) is 29.8 Å². The lowest BCUT2D eigenvalue weighted by molar-refractivity contribution is -0.131. The van der Waals surface area contributed by atoms with Gasteiger partial charge >= 0.3 is 0 Å². The molecular formula is C22H22ClN3O5. The summed E-state index contributed by atoms with van der Waals surface area (Å²) < 4.78 is 16.3. The maximum absolute atomic E-state index is 13.1. The van der Waals surface area contributed by atoms with Crippen molar-refractivity contribution in [2.24, 2.45) is 0 Å². The summed E-state index contributed by atoms with van der Waals surface area (Å²) in [5.74, 6) is 1.29. The molecule has 1 aromatic heterocycles. The first-order valence-electron chi connectivity index (χ1n) is 9.88. The molecule has 0 spiro atoms. The number of hydrogen-bond donors (Lipinski definition) is 1. The highest BCUT2D eigenvalue weighted by molar-refractivity contribution is 6.32. The molecule has 0 aliphatic carbocycles. The number of aromatic nitrogens is 2. The maximum Gasteiger partial charge on any atom is 0.258 e. The Labute approximate surface area is 183 Å². The molecular weight excluding hydrogens is 422 g/mol. The van der Waals surface area contributed by atoms with Crippen molar-refractivity contribution in [2.75, 3.05) is 33.5 Å². The lowest BCUT2D eigenvalue weighted by atomic mass is 10.1. The van der Waals surface area contributed by atoms with Crippen LogP contribution < -0.4 is 15.0 Å². The molecule has 1 aliphatic heterocycles. The van der Waals surface area contributed by atoms with E-state index in [1.54, 1.807) is 42.3 Å². The van der Waals surface area contributed by atoms with Crippen molar-refractivity contribution in [2.45, 2.75) is 13.0 Å². The molecule has 9 heteroatoms. The third-order valence-electron chi connectivity index (χ3n) is 4.93. The number of ether oxygens (including phenoxy) is 3. The largest absolute Gasteiger partial charge is 0.486 e. The molecule has 0 bridgehead atoms. The van der Waals surface area contributed by atoms with Crippen molar-refractivity contribution in [1.29, 1.82) is 0 Å². The monoisotopic (exact) mass is 443 g/mol. The van der Waals surface area contributed by atoms with E-state index in [0.29, 0.717) is 65.2 Å². The zero-order valence-corrected chi connectivity index (χ0v) is 17.8. The summed E-state index contributed by atoms with van der Waals surface area (Å²) in [4.78, 5) is 34.3. The van der Waals surface area contributed by atoms with Crippen LogP contribution in [0.15, 0.2) is 41.2 Å². The number of nitrogens with one attached hydrogen (secondary N) is 1. The number of amides is 1. The lowest BCUT2D eigenvalue weighted by Gasteiger charge is -2.23. The van der Waals surface area contributed by atoms with Gasteiger partial charge in [-0.15, -0.1) is 0 Å². The molecule has 0 fully saturated rings. The number of methoxy groups -OCH3 is 1. The maximum atomic E-state index is 13.1. The van der Waals surface area contributed by atoms with Crippen molar-refractivity contribution >= 4 is 28.4 Å². The third-order valence-corrected chi connectivity index (χ3v) is 5.21. The van der Waals surface area contributed by atoms with Gasteiger partial charge in [0, 0.05) is 13.7 Å². The second-order valence-electron chi connectivity index (χ2n) is 7.12. The van der Waals surface area contributed by atoms with E-state index in [-0.39, 0.29) is 24.4 Å². The highest BCUT2D eigenvalue weighted by Gasteiger charge is 2.20. The normalized spacial score (nSPS) is 12.7. The molecule has 0 atom stereocenters. The van der Waals surface area contributed by atoms with E-state index in [1.165, 1.54) is 0 Å². The van der Waals surface area contributed by atoms with E-state index < -0.39 is 0 Å². The number of nitrogens with zero attached hydrogens (tertiary/aromatic N) is 2. The van der Waals surface area contributed by atoms with Gasteiger partial charge in [0.05, 0.1) is 35.5 Å². The first-order chi connectivity index (χ1) is 15.0. The topological polar surface area (TPSA) is 93.8 Å². The van der Waals surface area contributed by atoms with Crippen molar-refractivity contribution in [3.63, 3.8) is 0 Å². The number of para-hydroxylation sites is 1. The summed E-state index contributed by atoms with van der Waals surface area (Å²) in [6.07, 6.45) is 0.109. The van der Waals surface area contributed by atoms with E-state index in [4.69, 9.17) is 25.8 Å². The van der Waals surface area contributed by atoms with Gasteiger partial charge < -0.3 is 24.1 Å². The molecule has 4 rings (SSSR count). The van der Waals surface area contributed by atoms with Crippen LogP contribution in [0.1, 0.15) is 11.4 Å². The van der Waals surface area contributed by atoms with Gasteiger partial charge in [-0.2, -0.15) is 0 Å². The Bertz CT molecular complexity index is 1160. The second-order valence-corrected chi connectivity index (χ2v) is 7.52. The average molecular weight is 444 g/mol. The van der Waals surface area contributed by atoms with Gasteiger partial charge in [-0.3, -0.25) is 9.59 Å². The van der Waals surface area contributed by atoms with Crippen molar-refractivity contribution in [1.82, 2.24) is 14.9 Å². The Hall–Kier alpha value is -3.10. The molecule has 8 nitrogen and oxygen atoms in total. The Morgan fingerprint density at radius 3 is 2.90 bits per heavy atom. The fourth-order valence-electron chi connectivity index (χ4n) is 3.44. The smallest absolute Gasteiger partial charge is 0.258 e. The van der Waals surface area contributed by atoms with E-state index >= 15 is 0 Å². The van der Waals surface area contributed by atoms with E-state index in [9.17, 15) is 9.59 Å². The molecule has 162 valence electrons. The van der Waals surface area contributed by atoms with Crippen LogP contribution in [0.5, 0.6) is 11.5 Å². The van der Waals surface area contributed by atoms with Crippen LogP contribution >= 0.6 is 11.6 Å². The Morgan fingerprint density at radius 1 is 1.26 bits per heavy atom. The molecule has 31 heavy (non-hydrogen) atoms. The molecule has 0 unspecified atom stereocenters. The SMILES string of the molecule is COCCN(Cc1nc2ccccc2c(=O)[nH]1)C(=O)Cc1cc(Cl)c2c(c1)OCCO2. The second kappa shape index (κ2) is 9.36. The van der Waals surface area contributed by atoms with Gasteiger partial charge in [-0.1, -0.05) is 23.7 Å². The summed E-state index contributed by atoms with van der Waals surface area (Å²) in [6, 6.07) is 10.6. The predicted molar refractivity (Wildman–Crippen MR) is 116 cm³/mol. The Balaban J connectivity index is 1.56. The summed E-state index contributed by atoms with van der Waals surface area (Å²) in [5.41, 5.74) is 1.05. The van der Waals surface area contributed by atoms with Crippen LogP contribution in [0.3, 0.4) is 0 Å². The molecule has 2 heterocycles. The zero-order valence-electron chi connectivity index (χ0n) is 17.0. The van der Waals surface area contributed by atoms with Crippen molar-refractivity contribution < 1.29 is 19.0 Å². The standard InChI is InChI=1S/C22H22ClN3O5/c1-29-7-6-26(13-19-24-17-5-3-2-4-15(17)22(28)25-19)20(27)12-14-10-16(23)21-18(11-14)30-8-9-31-21/h2-5,10-11H,6-9,12-13H2,1H3,(H,24,25,28). The summed E-state index contributed by atoms with van der Waals surface area (Å²) >= 11 is 6.30. The summed E-state index contributed by atoms with van der Waals surface area (Å²) in [7, 11) is 1.57. The van der Waals surface area contributed by atoms with Crippen LogP contribution in [0.4, 0.5) is 0 Å². The van der Waals surface area contributed by atoms with Gasteiger partial charge in [0.2, 0.25) is 5.91 Å². The predicted octanol–water partition coefficient (Wildman–Crippen LogP) is 2.57. The van der Waals surface area contributed by atoms with Crippen molar-refractivity contribution in [3.05, 3.63) is 63.2 Å². The van der Waals surface area contributed by atoms with Crippen LogP contribution in [-0.2, 0) is 22.5 Å². The molecule has 0 saturated heterocycles. The minimum absolute atomic E-state index is 0.109. The van der Waals surface area contributed by atoms with Crippen LogP contribution in [0.25, 0.3) is 10.9 Å². The Morgan fingerprint density at radius 2 is 2.06 bits per heavy atom. The van der Waals surface area contributed by atoms with Crippen LogP contribution in [0.2, 0.25) is 5.02 Å². The number of H-pyrrole nitrogens is 1. The quantitative estimate of drug-likeness (QED) is 0.603. The highest BCUT2D eigenvalue weighted by Crippen LogP contribution is 2.38. The number of fused-ring (bicyclic) bond motifs is 2. The molecule has 1 aliphatic rings. The van der Waals surface area contributed by atoms with Gasteiger partial charge in [0.1, 0.15) is 19.0 Å². The molecule has 2 aromatic carbocycles. The minimum atomic E-state index is -0.238. The number of rotatable bonds is 7. The first kappa shape index (κ1) is 21.1. The fraction of sp³-hybridized carbons (Fsp3) is 0.318. The number of halogens is 1. The first-order valence-corrected chi connectivity index (χ1v) is 10.3. The highest BCUT2D eigenvalue weighted by atomic mass is 35.5. The third kappa shape index (κ3) is 4.81. The molecule has 1 amide bonds. The molecule has 1 N–H and O–H groups in total. The van der Waals surface area contributed by atoms with Gasteiger partial charge in [0.25, 0.3) is 5.56 Å². The van der Waals surface area contributed by atoms with Crippen LogP contribution in [0, 0.1) is 0 Å². The van der Waals surface area contributed by atoms with E-state index in [2.05, 4.69) is 9.97 Å². The number of hydrogen-bond acceptors (Lipinski definition) is 6. The van der Waals surface area contributed by atoms with Gasteiger partial charge in [-0.25, -0.2) is 4.98 Å². The fourth-order valence-corrected chi connectivity index (χ4v) is 3.72. The van der Waals surface area contributed by atoms with Crippen molar-refractivity contribution in [3.8, 4) is 11.5 Å². The van der Waals surface area contributed by atoms with Gasteiger partial charge in [0.15, 0.2) is 11.5 Å². The van der Waals surface area contributed by atoms with E-state index in [1.807, 2.05) is 6.07 Å². The number of benzene rings is 2. The van der Waals surface area contributed by atoms with Crippen LogP contribution in [-0.4, -0.2) is 54.3 Å². The lowest BCUT2D eigenvalue weighted by Crippen LogP contribution is -2.35. The molecule has 0 saturated carbocycles. The number of carbonyl (C=O) groups is 1. The average Bonchev–Trinajstić information content (AvgIpc) is 2.76. The Kier molecular flexibility index (Phi) is 6.39. The number of carbonyl (C=O) groups excluding carboxylic acids is 1.